The molecule has 0 bridgehead atoms. The van der Waals surface area contributed by atoms with Crippen LogP contribution in [0.3, 0.4) is 0 Å². The van der Waals surface area contributed by atoms with Gasteiger partial charge in [0.25, 0.3) is 0 Å². The quantitative estimate of drug-likeness (QED) is 0.148. The molecule has 0 saturated heterocycles. The standard InChI is InChI=1S/C38H30F4O4/c1-3-24(21-45-31-14-17-36(23(2)18-31)46-22-37(43)44)38(27-8-4-25(5-9-27)29-12-15-32(39)34(41)19-29)28-10-6-26(7-11-28)30-13-16-33(40)35(42)20-30/h4-20H,3,21-22H2,1-2H3,(H,43,44). The van der Waals surface area contributed by atoms with Crippen LogP contribution < -0.4 is 9.47 Å². The van der Waals surface area contributed by atoms with Gasteiger partial charge in [0, 0.05) is 0 Å². The summed E-state index contributed by atoms with van der Waals surface area (Å²) < 4.78 is 66.4. The molecular formula is C38H30F4O4. The first-order chi connectivity index (χ1) is 22.1. The Hall–Kier alpha value is -5.37. The molecule has 0 fully saturated rings. The molecule has 0 aliphatic carbocycles. The molecular weight excluding hydrogens is 596 g/mol. The zero-order chi connectivity index (χ0) is 32.8. The van der Waals surface area contributed by atoms with Crippen molar-refractivity contribution >= 4 is 11.5 Å². The van der Waals surface area contributed by atoms with E-state index in [1.54, 1.807) is 25.1 Å². The Morgan fingerprint density at radius 2 is 1.11 bits per heavy atom. The Kier molecular flexibility index (Phi) is 9.86. The molecule has 5 aromatic rings. The molecule has 4 nitrogen and oxygen atoms in total. The van der Waals surface area contributed by atoms with Crippen LogP contribution in [0.4, 0.5) is 17.6 Å². The van der Waals surface area contributed by atoms with E-state index in [0.717, 1.165) is 52.1 Å². The second kappa shape index (κ2) is 14.2. The van der Waals surface area contributed by atoms with Gasteiger partial charge in [-0.15, -0.1) is 0 Å². The largest absolute Gasteiger partial charge is 0.489 e. The average molecular weight is 627 g/mol. The van der Waals surface area contributed by atoms with Crippen molar-refractivity contribution in [2.24, 2.45) is 0 Å². The summed E-state index contributed by atoms with van der Waals surface area (Å²) >= 11 is 0. The van der Waals surface area contributed by atoms with E-state index in [4.69, 9.17) is 14.6 Å². The molecule has 0 aliphatic rings. The van der Waals surface area contributed by atoms with Crippen LogP contribution in [0.2, 0.25) is 0 Å². The number of carboxylic acids is 1. The van der Waals surface area contributed by atoms with E-state index >= 15 is 0 Å². The van der Waals surface area contributed by atoms with Crippen molar-refractivity contribution in [3.05, 3.63) is 149 Å². The SMILES string of the molecule is CCC(COc1ccc(OCC(=O)O)c(C)c1)=C(c1ccc(-c2ccc(F)c(F)c2)cc1)c1ccc(-c2ccc(F)c(F)c2)cc1. The number of aliphatic carboxylic acids is 1. The van der Waals surface area contributed by atoms with Gasteiger partial charge in [-0.25, -0.2) is 22.4 Å². The molecule has 0 aliphatic heterocycles. The van der Waals surface area contributed by atoms with Gasteiger partial charge >= 0.3 is 5.97 Å². The second-order valence-electron chi connectivity index (χ2n) is 10.6. The first kappa shape index (κ1) is 32.0. The van der Waals surface area contributed by atoms with Crippen molar-refractivity contribution in [3.63, 3.8) is 0 Å². The third kappa shape index (κ3) is 7.46. The maximum atomic E-state index is 13.9. The number of ether oxygens (including phenoxy) is 2. The van der Waals surface area contributed by atoms with Crippen LogP contribution >= 0.6 is 0 Å². The van der Waals surface area contributed by atoms with Crippen LogP contribution in [0.1, 0.15) is 30.0 Å². The lowest BCUT2D eigenvalue weighted by atomic mass is 9.90. The molecule has 234 valence electrons. The molecule has 0 heterocycles. The summed E-state index contributed by atoms with van der Waals surface area (Å²) in [7, 11) is 0. The summed E-state index contributed by atoms with van der Waals surface area (Å²) in [6.07, 6.45) is 0.629. The van der Waals surface area contributed by atoms with Gasteiger partial charge in [-0.1, -0.05) is 67.6 Å². The van der Waals surface area contributed by atoms with Crippen molar-refractivity contribution in [1.82, 2.24) is 0 Å². The molecule has 0 amide bonds. The zero-order valence-corrected chi connectivity index (χ0v) is 25.1. The van der Waals surface area contributed by atoms with Gasteiger partial charge in [0.05, 0.1) is 0 Å². The van der Waals surface area contributed by atoms with Crippen LogP contribution in [0, 0.1) is 30.2 Å². The minimum Gasteiger partial charge on any atom is -0.489 e. The van der Waals surface area contributed by atoms with E-state index < -0.39 is 35.8 Å². The maximum absolute atomic E-state index is 13.9. The number of aryl methyl sites for hydroxylation is 1. The number of rotatable bonds is 11. The van der Waals surface area contributed by atoms with Crippen molar-refractivity contribution in [3.8, 4) is 33.8 Å². The number of hydrogen-bond donors (Lipinski definition) is 1. The van der Waals surface area contributed by atoms with E-state index in [1.165, 1.54) is 12.1 Å². The predicted molar refractivity (Wildman–Crippen MR) is 170 cm³/mol. The number of carbonyl (C=O) groups is 1. The van der Waals surface area contributed by atoms with Gasteiger partial charge in [0.2, 0.25) is 0 Å². The first-order valence-corrected chi connectivity index (χ1v) is 14.5. The van der Waals surface area contributed by atoms with Gasteiger partial charge in [-0.2, -0.15) is 0 Å². The zero-order valence-electron chi connectivity index (χ0n) is 25.1. The van der Waals surface area contributed by atoms with Gasteiger partial charge in [-0.05, 0) is 106 Å². The van der Waals surface area contributed by atoms with Crippen LogP contribution in [0.25, 0.3) is 27.8 Å². The summed E-state index contributed by atoms with van der Waals surface area (Å²) in [4.78, 5) is 10.9. The smallest absolute Gasteiger partial charge is 0.341 e. The lowest BCUT2D eigenvalue weighted by Gasteiger charge is -2.18. The Labute approximate surface area is 264 Å². The minimum atomic E-state index is -1.07. The lowest BCUT2D eigenvalue weighted by molar-refractivity contribution is -0.139. The third-order valence-electron chi connectivity index (χ3n) is 7.54. The fourth-order valence-electron chi connectivity index (χ4n) is 5.12. The number of halogens is 4. The molecule has 8 heteroatoms. The minimum absolute atomic E-state index is 0.233. The van der Waals surface area contributed by atoms with Crippen LogP contribution in [0.5, 0.6) is 11.5 Å². The second-order valence-corrected chi connectivity index (χ2v) is 10.6. The molecule has 0 aromatic heterocycles. The summed E-state index contributed by atoms with van der Waals surface area (Å²) in [5.41, 5.74) is 6.81. The Bertz CT molecular complexity index is 1800. The van der Waals surface area contributed by atoms with E-state index in [2.05, 4.69) is 0 Å². The highest BCUT2D eigenvalue weighted by Crippen LogP contribution is 2.33. The molecule has 0 spiro atoms. The predicted octanol–water partition coefficient (Wildman–Crippen LogP) is 9.64. The molecule has 1 N–H and O–H groups in total. The van der Waals surface area contributed by atoms with E-state index in [9.17, 15) is 22.4 Å². The molecule has 0 radical (unpaired) electrons. The molecule has 0 unspecified atom stereocenters. The van der Waals surface area contributed by atoms with Crippen molar-refractivity contribution in [2.75, 3.05) is 13.2 Å². The fourth-order valence-corrected chi connectivity index (χ4v) is 5.12. The lowest BCUT2D eigenvalue weighted by Crippen LogP contribution is -2.10. The highest BCUT2D eigenvalue weighted by atomic mass is 19.2. The van der Waals surface area contributed by atoms with Crippen molar-refractivity contribution in [1.29, 1.82) is 0 Å². The fraction of sp³-hybridized carbons (Fsp3) is 0.132. The van der Waals surface area contributed by atoms with Crippen molar-refractivity contribution < 1.29 is 36.9 Å². The maximum Gasteiger partial charge on any atom is 0.341 e. The summed E-state index contributed by atoms with van der Waals surface area (Å²) in [6, 6.07) is 27.7. The first-order valence-electron chi connectivity index (χ1n) is 14.5. The Balaban J connectivity index is 1.50. The summed E-state index contributed by atoms with van der Waals surface area (Å²) in [5, 5.41) is 8.91. The monoisotopic (exact) mass is 626 g/mol. The number of benzene rings is 5. The van der Waals surface area contributed by atoms with Crippen LogP contribution in [0.15, 0.2) is 109 Å². The van der Waals surface area contributed by atoms with E-state index in [1.807, 2.05) is 55.5 Å². The van der Waals surface area contributed by atoms with Crippen LogP contribution in [-0.2, 0) is 4.79 Å². The Morgan fingerprint density at radius 3 is 1.54 bits per heavy atom. The van der Waals surface area contributed by atoms with Gasteiger partial charge in [0.1, 0.15) is 18.1 Å². The van der Waals surface area contributed by atoms with Gasteiger partial charge in [0.15, 0.2) is 29.9 Å². The summed E-state index contributed by atoms with van der Waals surface area (Å²) in [5.74, 6) is -3.72. The topological polar surface area (TPSA) is 55.8 Å². The van der Waals surface area contributed by atoms with Crippen molar-refractivity contribution in [2.45, 2.75) is 20.3 Å². The van der Waals surface area contributed by atoms with Gasteiger partial charge < -0.3 is 14.6 Å². The number of hydrogen-bond acceptors (Lipinski definition) is 3. The molecule has 5 aromatic carbocycles. The van der Waals surface area contributed by atoms with Gasteiger partial charge in [-0.3, -0.25) is 0 Å². The Morgan fingerprint density at radius 1 is 0.609 bits per heavy atom. The highest BCUT2D eigenvalue weighted by Gasteiger charge is 2.15. The molecule has 0 saturated carbocycles. The molecule has 46 heavy (non-hydrogen) atoms. The highest BCUT2D eigenvalue weighted by molar-refractivity contribution is 5.84. The van der Waals surface area contributed by atoms with E-state index in [0.29, 0.717) is 40.2 Å². The average Bonchev–Trinajstić information content (AvgIpc) is 3.05. The number of carboxylic acid groups (broad SMARTS) is 1. The molecule has 5 rings (SSSR count). The third-order valence-corrected chi connectivity index (χ3v) is 7.54. The normalized spacial score (nSPS) is 10.8. The van der Waals surface area contributed by atoms with Crippen LogP contribution in [-0.4, -0.2) is 24.3 Å². The summed E-state index contributed by atoms with van der Waals surface area (Å²) in [6.45, 7) is 3.60. The van der Waals surface area contributed by atoms with E-state index in [-0.39, 0.29) is 6.61 Å². The molecule has 0 atom stereocenters.